The van der Waals surface area contributed by atoms with Gasteiger partial charge < -0.3 is 31.9 Å². The third kappa shape index (κ3) is 10.4. The highest BCUT2D eigenvalue weighted by Crippen LogP contribution is 2.12. The van der Waals surface area contributed by atoms with Crippen molar-refractivity contribution in [3.05, 3.63) is 29.8 Å². The Morgan fingerprint density at radius 1 is 0.941 bits per heavy atom. The lowest BCUT2D eigenvalue weighted by atomic mass is 10.0. The molecule has 1 rings (SSSR count). The van der Waals surface area contributed by atoms with E-state index in [4.69, 9.17) is 5.73 Å². The Balaban J connectivity index is 2.95. The summed E-state index contributed by atoms with van der Waals surface area (Å²) in [5, 5.41) is 26.6. The molecule has 0 aliphatic carbocycles. The van der Waals surface area contributed by atoms with Gasteiger partial charge in [-0.2, -0.15) is 11.8 Å². The maximum Gasteiger partial charge on any atom is 0.326 e. The first-order chi connectivity index (χ1) is 15.9. The smallest absolute Gasteiger partial charge is 0.326 e. The van der Waals surface area contributed by atoms with Crippen LogP contribution in [0.2, 0.25) is 0 Å². The highest BCUT2D eigenvalue weighted by molar-refractivity contribution is 7.98. The lowest BCUT2D eigenvalue weighted by Crippen LogP contribution is -2.57. The number of hydrogen-bond donors (Lipinski definition) is 6. The van der Waals surface area contributed by atoms with Gasteiger partial charge in [-0.25, -0.2) is 4.79 Å². The third-order valence-electron chi connectivity index (χ3n) is 5.05. The molecule has 0 aliphatic heterocycles. The van der Waals surface area contributed by atoms with Crippen molar-refractivity contribution in [2.75, 3.05) is 12.0 Å². The van der Waals surface area contributed by atoms with Gasteiger partial charge in [0.15, 0.2) is 0 Å². The Kier molecular flexibility index (Phi) is 12.4. The molecule has 4 unspecified atom stereocenters. The first kappa shape index (κ1) is 29.2. The molecule has 0 heterocycles. The van der Waals surface area contributed by atoms with Crippen LogP contribution in [0.15, 0.2) is 24.3 Å². The minimum Gasteiger partial charge on any atom is -0.508 e. The fourth-order valence-corrected chi connectivity index (χ4v) is 3.61. The van der Waals surface area contributed by atoms with E-state index in [1.54, 1.807) is 12.1 Å². The second-order valence-electron chi connectivity index (χ2n) is 8.58. The third-order valence-corrected chi connectivity index (χ3v) is 5.69. The summed E-state index contributed by atoms with van der Waals surface area (Å²) < 4.78 is 0. The average molecular weight is 497 g/mol. The van der Waals surface area contributed by atoms with E-state index in [0.717, 1.165) is 0 Å². The maximum atomic E-state index is 12.9. The second-order valence-corrected chi connectivity index (χ2v) is 9.56. The van der Waals surface area contributed by atoms with Crippen molar-refractivity contribution in [1.82, 2.24) is 16.0 Å². The molecule has 0 radical (unpaired) electrons. The SMILES string of the molecule is CSCCC(NC(=O)C(Cc1ccc(O)cc1)NC(=O)C(C)NC(=O)C(N)CC(C)C)C(=O)O. The zero-order chi connectivity index (χ0) is 25.8. The predicted octanol–water partition coefficient (Wildman–Crippen LogP) is 0.620. The highest BCUT2D eigenvalue weighted by Gasteiger charge is 2.29. The lowest BCUT2D eigenvalue weighted by molar-refractivity contribution is -0.142. The summed E-state index contributed by atoms with van der Waals surface area (Å²) in [7, 11) is 0. The maximum absolute atomic E-state index is 12.9. The summed E-state index contributed by atoms with van der Waals surface area (Å²) in [6, 6.07) is 2.15. The summed E-state index contributed by atoms with van der Waals surface area (Å²) in [6.45, 7) is 5.34. The van der Waals surface area contributed by atoms with E-state index in [-0.39, 0.29) is 24.5 Å². The number of hydrogen-bond acceptors (Lipinski definition) is 7. The van der Waals surface area contributed by atoms with Gasteiger partial charge in [0.2, 0.25) is 17.7 Å². The van der Waals surface area contributed by atoms with E-state index in [9.17, 15) is 29.4 Å². The fraction of sp³-hybridized carbons (Fsp3) is 0.565. The van der Waals surface area contributed by atoms with Crippen LogP contribution in [0.25, 0.3) is 0 Å². The molecule has 11 heteroatoms. The summed E-state index contributed by atoms with van der Waals surface area (Å²) >= 11 is 1.45. The van der Waals surface area contributed by atoms with Crippen LogP contribution in [0, 0.1) is 5.92 Å². The van der Waals surface area contributed by atoms with Crippen LogP contribution in [0.1, 0.15) is 39.2 Å². The molecule has 3 amide bonds. The number of aliphatic carboxylic acids is 1. The van der Waals surface area contributed by atoms with Crippen molar-refractivity contribution in [2.24, 2.45) is 11.7 Å². The van der Waals surface area contributed by atoms with Gasteiger partial charge in [-0.3, -0.25) is 14.4 Å². The number of carboxylic acids is 1. The van der Waals surface area contributed by atoms with Crippen molar-refractivity contribution in [2.45, 2.75) is 64.2 Å². The van der Waals surface area contributed by atoms with Crippen molar-refractivity contribution in [3.8, 4) is 5.75 Å². The van der Waals surface area contributed by atoms with Crippen molar-refractivity contribution in [1.29, 1.82) is 0 Å². The van der Waals surface area contributed by atoms with Crippen LogP contribution >= 0.6 is 11.8 Å². The van der Waals surface area contributed by atoms with Gasteiger partial charge in [0, 0.05) is 6.42 Å². The standard InChI is InChI=1S/C23H36N4O6S/c1-13(2)11-17(24)21(30)25-14(3)20(29)27-19(12-15-5-7-16(28)8-6-15)22(31)26-18(23(32)33)9-10-34-4/h5-8,13-14,17-19,28H,9-12,24H2,1-4H3,(H,25,30)(H,26,31)(H,27,29)(H,32,33). The summed E-state index contributed by atoms with van der Waals surface area (Å²) in [6.07, 6.45) is 2.57. The normalized spacial score (nSPS) is 14.5. The van der Waals surface area contributed by atoms with Crippen LogP contribution in [0.4, 0.5) is 0 Å². The minimum absolute atomic E-state index is 0.0471. The molecule has 0 spiro atoms. The number of phenolic OH excluding ortho intramolecular Hbond substituents is 1. The monoisotopic (exact) mass is 496 g/mol. The predicted molar refractivity (Wildman–Crippen MR) is 131 cm³/mol. The lowest BCUT2D eigenvalue weighted by Gasteiger charge is -2.24. The van der Waals surface area contributed by atoms with Crippen molar-refractivity contribution < 1.29 is 29.4 Å². The molecule has 10 nitrogen and oxygen atoms in total. The number of amides is 3. The van der Waals surface area contributed by atoms with Gasteiger partial charge in [0.05, 0.1) is 6.04 Å². The molecule has 1 aromatic rings. The van der Waals surface area contributed by atoms with Crippen LogP contribution in [-0.4, -0.2) is 70.1 Å². The number of benzene rings is 1. The van der Waals surface area contributed by atoms with E-state index >= 15 is 0 Å². The van der Waals surface area contributed by atoms with Gasteiger partial charge >= 0.3 is 5.97 Å². The largest absolute Gasteiger partial charge is 0.508 e. The van der Waals surface area contributed by atoms with Crippen molar-refractivity contribution in [3.63, 3.8) is 0 Å². The van der Waals surface area contributed by atoms with E-state index in [0.29, 0.717) is 17.7 Å². The zero-order valence-corrected chi connectivity index (χ0v) is 20.9. The number of carboxylic acid groups (broad SMARTS) is 1. The van der Waals surface area contributed by atoms with E-state index in [1.165, 1.54) is 30.8 Å². The summed E-state index contributed by atoms with van der Waals surface area (Å²) in [5.41, 5.74) is 6.51. The molecule has 0 aromatic heterocycles. The van der Waals surface area contributed by atoms with Gasteiger partial charge in [-0.15, -0.1) is 0 Å². The molecule has 190 valence electrons. The Morgan fingerprint density at radius 2 is 1.53 bits per heavy atom. The van der Waals surface area contributed by atoms with E-state index in [1.807, 2.05) is 20.1 Å². The number of carbonyl (C=O) groups is 4. The molecule has 1 aromatic carbocycles. The average Bonchev–Trinajstić information content (AvgIpc) is 2.76. The van der Waals surface area contributed by atoms with Gasteiger partial charge in [0.1, 0.15) is 23.9 Å². The fourth-order valence-electron chi connectivity index (χ4n) is 3.14. The van der Waals surface area contributed by atoms with Crippen LogP contribution in [0.3, 0.4) is 0 Å². The molecule has 7 N–H and O–H groups in total. The summed E-state index contributed by atoms with van der Waals surface area (Å²) in [5.74, 6) is -2.13. The molecular formula is C23H36N4O6S. The number of carbonyl (C=O) groups excluding carboxylic acids is 3. The molecule has 4 atom stereocenters. The second kappa shape index (κ2) is 14.5. The first-order valence-corrected chi connectivity index (χ1v) is 12.5. The molecular weight excluding hydrogens is 460 g/mol. The molecule has 0 fully saturated rings. The first-order valence-electron chi connectivity index (χ1n) is 11.1. The van der Waals surface area contributed by atoms with Gasteiger partial charge in [-0.05, 0) is 55.4 Å². The molecule has 0 saturated heterocycles. The Morgan fingerprint density at radius 3 is 2.06 bits per heavy atom. The Hall–Kier alpha value is -2.79. The number of nitrogens with two attached hydrogens (primary N) is 1. The Bertz CT molecular complexity index is 833. The number of rotatable bonds is 14. The van der Waals surface area contributed by atoms with Gasteiger partial charge in [-0.1, -0.05) is 26.0 Å². The quantitative estimate of drug-likeness (QED) is 0.218. The molecule has 0 aliphatic rings. The summed E-state index contributed by atoms with van der Waals surface area (Å²) in [4.78, 5) is 49.5. The minimum atomic E-state index is -1.17. The van der Waals surface area contributed by atoms with E-state index in [2.05, 4.69) is 16.0 Å². The topological polar surface area (TPSA) is 171 Å². The highest BCUT2D eigenvalue weighted by atomic mass is 32.2. The number of phenols is 1. The van der Waals surface area contributed by atoms with E-state index < -0.39 is 47.9 Å². The Labute approximate surface area is 204 Å². The van der Waals surface area contributed by atoms with Crippen molar-refractivity contribution >= 4 is 35.5 Å². The molecule has 34 heavy (non-hydrogen) atoms. The molecule has 0 bridgehead atoms. The number of nitrogens with one attached hydrogen (secondary N) is 3. The number of thioether (sulfide) groups is 1. The zero-order valence-electron chi connectivity index (χ0n) is 20.0. The van der Waals surface area contributed by atoms with Gasteiger partial charge in [0.25, 0.3) is 0 Å². The number of aromatic hydroxyl groups is 1. The van der Waals surface area contributed by atoms with Crippen LogP contribution in [-0.2, 0) is 25.6 Å². The van der Waals surface area contributed by atoms with Crippen LogP contribution < -0.4 is 21.7 Å². The van der Waals surface area contributed by atoms with Crippen LogP contribution in [0.5, 0.6) is 5.75 Å². The molecule has 0 saturated carbocycles.